The minimum atomic E-state index is -0.801. The molecule has 0 saturated heterocycles. The maximum atomic E-state index is 14.7. The van der Waals surface area contributed by atoms with Crippen LogP contribution in [-0.2, 0) is 6.42 Å². The molecule has 2 heteroatoms. The van der Waals surface area contributed by atoms with Gasteiger partial charge in [-0.3, -0.25) is 0 Å². The van der Waals surface area contributed by atoms with E-state index < -0.39 is 11.6 Å². The van der Waals surface area contributed by atoms with Crippen LogP contribution in [0, 0.1) is 18.6 Å². The van der Waals surface area contributed by atoms with Crippen molar-refractivity contribution in [2.45, 2.75) is 33.1 Å². The minimum Gasteiger partial charge on any atom is -0.203 e. The first-order valence-corrected chi connectivity index (χ1v) is 9.39. The summed E-state index contributed by atoms with van der Waals surface area (Å²) >= 11 is 0. The van der Waals surface area contributed by atoms with Crippen molar-refractivity contribution in [2.24, 2.45) is 0 Å². The smallest absolute Gasteiger partial charge is 0.167 e. The highest BCUT2D eigenvalue weighted by Gasteiger charge is 2.15. The summed E-state index contributed by atoms with van der Waals surface area (Å²) in [6, 6.07) is 18.4. The summed E-state index contributed by atoms with van der Waals surface area (Å²) in [6.45, 7) is 4.08. The van der Waals surface area contributed by atoms with Crippen LogP contribution >= 0.6 is 0 Å². The molecule has 0 N–H and O–H groups in total. The first-order chi connectivity index (χ1) is 13.1. The van der Waals surface area contributed by atoms with Gasteiger partial charge in [-0.15, -0.1) is 0 Å². The average molecular weight is 362 g/mol. The Morgan fingerprint density at radius 3 is 1.74 bits per heavy atom. The number of benzene rings is 3. The zero-order chi connectivity index (χ0) is 19.2. The Morgan fingerprint density at radius 2 is 1.22 bits per heavy atom. The Kier molecular flexibility index (Phi) is 6.18. The largest absolute Gasteiger partial charge is 0.203 e. The number of aryl methyl sites for hydroxylation is 2. The van der Waals surface area contributed by atoms with Crippen LogP contribution in [0.4, 0.5) is 8.78 Å². The summed E-state index contributed by atoms with van der Waals surface area (Å²) in [5.74, 6) is -1.60. The second kappa shape index (κ2) is 8.77. The van der Waals surface area contributed by atoms with Gasteiger partial charge in [0.1, 0.15) is 0 Å². The van der Waals surface area contributed by atoms with Crippen molar-refractivity contribution in [3.05, 3.63) is 95.6 Å². The zero-order valence-corrected chi connectivity index (χ0v) is 15.8. The number of hydrogen-bond acceptors (Lipinski definition) is 0. The van der Waals surface area contributed by atoms with E-state index >= 15 is 0 Å². The van der Waals surface area contributed by atoms with Crippen molar-refractivity contribution in [2.75, 3.05) is 0 Å². The summed E-state index contributed by atoms with van der Waals surface area (Å²) in [6.07, 6.45) is 7.30. The van der Waals surface area contributed by atoms with Gasteiger partial charge < -0.3 is 0 Å². The third kappa shape index (κ3) is 4.51. The van der Waals surface area contributed by atoms with Crippen LogP contribution in [0.5, 0.6) is 0 Å². The van der Waals surface area contributed by atoms with E-state index in [0.29, 0.717) is 16.7 Å². The third-order valence-corrected chi connectivity index (χ3v) is 4.71. The van der Waals surface area contributed by atoms with E-state index in [1.54, 1.807) is 12.1 Å². The normalized spacial score (nSPS) is 11.3. The number of allylic oxidation sites excluding steroid dienone is 2. The molecule has 27 heavy (non-hydrogen) atoms. The molecule has 0 radical (unpaired) electrons. The second-order valence-electron chi connectivity index (χ2n) is 6.77. The van der Waals surface area contributed by atoms with Gasteiger partial charge in [0.25, 0.3) is 0 Å². The highest BCUT2D eigenvalue weighted by molar-refractivity contribution is 5.72. The summed E-state index contributed by atoms with van der Waals surface area (Å²) in [4.78, 5) is 0. The van der Waals surface area contributed by atoms with E-state index in [4.69, 9.17) is 0 Å². The quantitative estimate of drug-likeness (QED) is 0.398. The molecule has 0 unspecified atom stereocenters. The van der Waals surface area contributed by atoms with Gasteiger partial charge in [-0.05, 0) is 42.9 Å². The molecule has 3 rings (SSSR count). The van der Waals surface area contributed by atoms with Crippen molar-refractivity contribution in [3.63, 3.8) is 0 Å². The lowest BCUT2D eigenvalue weighted by molar-refractivity contribution is 0.514. The SMILES string of the molecule is CC/C=C/CCc1ccc(-c2ccc(-c3ccc(C)cc3)c(F)c2F)cc1. The monoisotopic (exact) mass is 362 g/mol. The summed E-state index contributed by atoms with van der Waals surface area (Å²) in [5.41, 5.74) is 4.23. The lowest BCUT2D eigenvalue weighted by Gasteiger charge is -2.10. The van der Waals surface area contributed by atoms with E-state index in [1.807, 2.05) is 55.5 Å². The standard InChI is InChI=1S/C25H24F2/c1-3-4-5-6-7-19-10-14-21(15-11-19)23-17-16-22(24(26)25(23)27)20-12-8-18(2)9-13-20/h4-5,8-17H,3,6-7H2,1-2H3/b5-4+. The van der Waals surface area contributed by atoms with Crippen molar-refractivity contribution in [1.29, 1.82) is 0 Å². The number of halogens is 2. The first kappa shape index (κ1) is 19.0. The van der Waals surface area contributed by atoms with Crippen LogP contribution < -0.4 is 0 Å². The molecule has 0 heterocycles. The molecule has 3 aromatic carbocycles. The van der Waals surface area contributed by atoms with Crippen molar-refractivity contribution in [1.82, 2.24) is 0 Å². The summed E-state index contributed by atoms with van der Waals surface area (Å²) in [7, 11) is 0. The predicted octanol–water partition coefficient (Wildman–Crippen LogP) is 7.51. The van der Waals surface area contributed by atoms with Gasteiger partial charge in [0.2, 0.25) is 0 Å². The molecule has 0 saturated carbocycles. The Balaban J connectivity index is 1.84. The molecule has 138 valence electrons. The maximum Gasteiger partial charge on any atom is 0.167 e. The molecule has 0 nitrogen and oxygen atoms in total. The van der Waals surface area contributed by atoms with Crippen LogP contribution in [0.25, 0.3) is 22.3 Å². The Bertz CT molecular complexity index is 920. The van der Waals surface area contributed by atoms with Gasteiger partial charge in [-0.1, -0.05) is 85.3 Å². The fourth-order valence-corrected chi connectivity index (χ4v) is 3.11. The first-order valence-electron chi connectivity index (χ1n) is 9.39. The highest BCUT2D eigenvalue weighted by atomic mass is 19.2. The third-order valence-electron chi connectivity index (χ3n) is 4.71. The van der Waals surface area contributed by atoms with Crippen LogP contribution in [0.3, 0.4) is 0 Å². The van der Waals surface area contributed by atoms with E-state index in [2.05, 4.69) is 19.1 Å². The van der Waals surface area contributed by atoms with Crippen LogP contribution in [0.15, 0.2) is 72.8 Å². The van der Waals surface area contributed by atoms with E-state index in [1.165, 1.54) is 5.56 Å². The lowest BCUT2D eigenvalue weighted by Crippen LogP contribution is -1.94. The van der Waals surface area contributed by atoms with Gasteiger partial charge in [0, 0.05) is 11.1 Å². The predicted molar refractivity (Wildman–Crippen MR) is 110 cm³/mol. The number of hydrogen-bond donors (Lipinski definition) is 0. The van der Waals surface area contributed by atoms with E-state index in [0.717, 1.165) is 24.8 Å². The summed E-state index contributed by atoms with van der Waals surface area (Å²) in [5, 5.41) is 0. The van der Waals surface area contributed by atoms with Gasteiger partial charge in [0.05, 0.1) is 0 Å². The summed E-state index contributed by atoms with van der Waals surface area (Å²) < 4.78 is 29.4. The molecule has 3 aromatic rings. The molecule has 0 aliphatic rings. The molecule has 0 amide bonds. The topological polar surface area (TPSA) is 0 Å². The fraction of sp³-hybridized carbons (Fsp3) is 0.200. The molecule has 0 aliphatic carbocycles. The molecule has 0 aliphatic heterocycles. The molecular weight excluding hydrogens is 338 g/mol. The average Bonchev–Trinajstić information content (AvgIpc) is 2.69. The van der Waals surface area contributed by atoms with Crippen LogP contribution in [0.1, 0.15) is 30.9 Å². The van der Waals surface area contributed by atoms with E-state index in [-0.39, 0.29) is 5.56 Å². The molecule has 0 aromatic heterocycles. The van der Waals surface area contributed by atoms with Crippen LogP contribution in [0.2, 0.25) is 0 Å². The van der Waals surface area contributed by atoms with Crippen LogP contribution in [-0.4, -0.2) is 0 Å². The Labute approximate surface area is 160 Å². The van der Waals surface area contributed by atoms with Crippen molar-refractivity contribution < 1.29 is 8.78 Å². The number of rotatable bonds is 6. The molecule has 0 spiro atoms. The van der Waals surface area contributed by atoms with Gasteiger partial charge in [0.15, 0.2) is 11.6 Å². The zero-order valence-electron chi connectivity index (χ0n) is 15.8. The maximum absolute atomic E-state index is 14.7. The molecule has 0 fully saturated rings. The minimum absolute atomic E-state index is 0.288. The highest BCUT2D eigenvalue weighted by Crippen LogP contribution is 2.31. The second-order valence-corrected chi connectivity index (χ2v) is 6.77. The fourth-order valence-electron chi connectivity index (χ4n) is 3.11. The molecule has 0 bridgehead atoms. The molecule has 0 atom stereocenters. The van der Waals surface area contributed by atoms with Crippen molar-refractivity contribution >= 4 is 0 Å². The Morgan fingerprint density at radius 1 is 0.704 bits per heavy atom. The van der Waals surface area contributed by atoms with Gasteiger partial charge in [-0.2, -0.15) is 0 Å². The van der Waals surface area contributed by atoms with Gasteiger partial charge >= 0.3 is 0 Å². The lowest BCUT2D eigenvalue weighted by atomic mass is 9.97. The Hall–Kier alpha value is -2.74. The van der Waals surface area contributed by atoms with Crippen molar-refractivity contribution in [3.8, 4) is 22.3 Å². The van der Waals surface area contributed by atoms with Gasteiger partial charge in [-0.25, -0.2) is 8.78 Å². The molecular formula is C25H24F2. The van der Waals surface area contributed by atoms with E-state index in [9.17, 15) is 8.78 Å².